The third-order valence-electron chi connectivity index (χ3n) is 2.94. The zero-order chi connectivity index (χ0) is 13.7. The van der Waals surface area contributed by atoms with E-state index in [1.165, 1.54) is 0 Å². The second-order valence-corrected chi connectivity index (χ2v) is 4.70. The lowest BCUT2D eigenvalue weighted by Crippen LogP contribution is -2.27. The molecule has 0 aliphatic heterocycles. The highest BCUT2D eigenvalue weighted by atomic mass is 16.5. The highest BCUT2D eigenvalue weighted by Crippen LogP contribution is 2.25. The summed E-state index contributed by atoms with van der Waals surface area (Å²) in [6.45, 7) is 3.10. The molecule has 0 atom stereocenters. The first-order chi connectivity index (χ1) is 9.19. The highest BCUT2D eigenvalue weighted by Gasteiger charge is 2.22. The number of anilines is 2. The first kappa shape index (κ1) is 13.5. The third-order valence-corrected chi connectivity index (χ3v) is 2.94. The van der Waals surface area contributed by atoms with Crippen LogP contribution in [0.25, 0.3) is 0 Å². The van der Waals surface area contributed by atoms with Gasteiger partial charge in [-0.1, -0.05) is 0 Å². The van der Waals surface area contributed by atoms with Crippen LogP contribution in [0.4, 0.5) is 11.4 Å². The number of benzene rings is 1. The van der Waals surface area contributed by atoms with Crippen molar-refractivity contribution < 1.29 is 9.53 Å². The van der Waals surface area contributed by atoms with Crippen LogP contribution in [0.3, 0.4) is 0 Å². The number of rotatable bonds is 7. The lowest BCUT2D eigenvalue weighted by Gasteiger charge is -2.11. The lowest BCUT2D eigenvalue weighted by atomic mass is 10.2. The molecular formula is C14H21N3O2. The maximum atomic E-state index is 11.5. The molecule has 1 aliphatic carbocycles. The van der Waals surface area contributed by atoms with E-state index in [0.717, 1.165) is 18.5 Å². The van der Waals surface area contributed by atoms with E-state index < -0.39 is 0 Å². The van der Waals surface area contributed by atoms with Gasteiger partial charge in [0.1, 0.15) is 5.75 Å². The first-order valence-corrected chi connectivity index (χ1v) is 6.74. The minimum absolute atomic E-state index is 0.107. The fourth-order valence-corrected chi connectivity index (χ4v) is 1.77. The zero-order valence-electron chi connectivity index (χ0n) is 11.2. The second kappa shape index (κ2) is 6.31. The summed E-state index contributed by atoms with van der Waals surface area (Å²) in [7, 11) is 0. The van der Waals surface area contributed by atoms with E-state index in [4.69, 9.17) is 10.5 Å². The van der Waals surface area contributed by atoms with Gasteiger partial charge in [-0.25, -0.2) is 0 Å². The number of nitrogen functional groups attached to an aromatic ring is 1. The normalized spacial score (nSPS) is 13.9. The fraction of sp³-hybridized carbons (Fsp3) is 0.500. The molecule has 0 spiro atoms. The topological polar surface area (TPSA) is 76.4 Å². The maximum Gasteiger partial charge on any atom is 0.221 e. The molecule has 0 heterocycles. The van der Waals surface area contributed by atoms with Gasteiger partial charge >= 0.3 is 0 Å². The van der Waals surface area contributed by atoms with Crippen LogP contribution in [-0.2, 0) is 4.79 Å². The summed E-state index contributed by atoms with van der Waals surface area (Å²) < 4.78 is 5.42. The van der Waals surface area contributed by atoms with Crippen molar-refractivity contribution in [3.05, 3.63) is 18.2 Å². The zero-order valence-corrected chi connectivity index (χ0v) is 11.2. The Kier molecular flexibility index (Phi) is 4.49. The van der Waals surface area contributed by atoms with E-state index >= 15 is 0 Å². The summed E-state index contributed by atoms with van der Waals surface area (Å²) in [6, 6.07) is 5.97. The van der Waals surface area contributed by atoms with E-state index in [1.54, 1.807) is 6.07 Å². The van der Waals surface area contributed by atoms with E-state index in [1.807, 2.05) is 19.1 Å². The Morgan fingerprint density at radius 2 is 2.26 bits per heavy atom. The van der Waals surface area contributed by atoms with E-state index in [2.05, 4.69) is 10.6 Å². The quantitative estimate of drug-likeness (QED) is 0.655. The van der Waals surface area contributed by atoms with Gasteiger partial charge in [0.15, 0.2) is 0 Å². The smallest absolute Gasteiger partial charge is 0.221 e. The molecule has 1 aromatic carbocycles. The van der Waals surface area contributed by atoms with E-state index in [9.17, 15) is 4.79 Å². The highest BCUT2D eigenvalue weighted by molar-refractivity contribution is 5.77. The Morgan fingerprint density at radius 1 is 1.47 bits per heavy atom. The van der Waals surface area contributed by atoms with Gasteiger partial charge in [0.2, 0.25) is 5.91 Å². The number of nitrogens with two attached hydrogens (primary N) is 1. The van der Waals surface area contributed by atoms with Crippen molar-refractivity contribution in [2.45, 2.75) is 32.2 Å². The molecule has 5 nitrogen and oxygen atoms in total. The van der Waals surface area contributed by atoms with Crippen molar-refractivity contribution in [2.24, 2.45) is 0 Å². The largest absolute Gasteiger partial charge is 0.492 e. The molecule has 104 valence electrons. The van der Waals surface area contributed by atoms with Gasteiger partial charge in [0, 0.05) is 30.8 Å². The summed E-state index contributed by atoms with van der Waals surface area (Å²) >= 11 is 0. The Labute approximate surface area is 113 Å². The summed E-state index contributed by atoms with van der Waals surface area (Å²) in [5.74, 6) is 0.783. The molecule has 19 heavy (non-hydrogen) atoms. The molecule has 1 amide bonds. The van der Waals surface area contributed by atoms with Gasteiger partial charge in [-0.15, -0.1) is 0 Å². The average Bonchev–Trinajstić information content (AvgIpc) is 3.17. The molecule has 0 aromatic heterocycles. The standard InChI is InChI=1S/C14H21N3O2/c1-2-19-13-9-11(5-6-12(13)15)16-8-7-14(18)17-10-3-4-10/h5-6,9-10,16H,2-4,7-8,15H2,1H3,(H,17,18). The molecule has 0 bridgehead atoms. The van der Waals surface area contributed by atoms with Gasteiger partial charge in [0.25, 0.3) is 0 Å². The number of ether oxygens (including phenoxy) is 1. The van der Waals surface area contributed by atoms with Crippen molar-refractivity contribution >= 4 is 17.3 Å². The van der Waals surface area contributed by atoms with E-state index in [-0.39, 0.29) is 5.91 Å². The monoisotopic (exact) mass is 263 g/mol. The predicted octanol–water partition coefficient (Wildman–Crippen LogP) is 1.75. The van der Waals surface area contributed by atoms with Gasteiger partial charge in [0.05, 0.1) is 12.3 Å². The van der Waals surface area contributed by atoms with Crippen LogP contribution < -0.4 is 21.1 Å². The van der Waals surface area contributed by atoms with Crippen LogP contribution in [0.2, 0.25) is 0 Å². The molecular weight excluding hydrogens is 242 g/mol. The Balaban J connectivity index is 1.78. The number of hydrogen-bond donors (Lipinski definition) is 3. The SMILES string of the molecule is CCOc1cc(NCCC(=O)NC2CC2)ccc1N. The first-order valence-electron chi connectivity index (χ1n) is 6.74. The Morgan fingerprint density at radius 3 is 2.95 bits per heavy atom. The summed E-state index contributed by atoms with van der Waals surface area (Å²) in [4.78, 5) is 11.5. The van der Waals surface area contributed by atoms with Crippen LogP contribution in [0, 0.1) is 0 Å². The lowest BCUT2D eigenvalue weighted by molar-refractivity contribution is -0.120. The van der Waals surface area contributed by atoms with Crippen LogP contribution in [0.5, 0.6) is 5.75 Å². The van der Waals surface area contributed by atoms with Crippen molar-refractivity contribution in [3.63, 3.8) is 0 Å². The van der Waals surface area contributed by atoms with Crippen LogP contribution in [0.1, 0.15) is 26.2 Å². The minimum atomic E-state index is 0.107. The van der Waals surface area contributed by atoms with Crippen molar-refractivity contribution in [1.29, 1.82) is 0 Å². The number of amides is 1. The molecule has 0 radical (unpaired) electrons. The number of carbonyl (C=O) groups excluding carboxylic acids is 1. The fourth-order valence-electron chi connectivity index (χ4n) is 1.77. The van der Waals surface area contributed by atoms with Crippen LogP contribution in [-0.4, -0.2) is 25.1 Å². The minimum Gasteiger partial charge on any atom is -0.492 e. The molecule has 1 fully saturated rings. The van der Waals surface area contributed by atoms with Gasteiger partial charge in [-0.2, -0.15) is 0 Å². The average molecular weight is 263 g/mol. The molecule has 0 unspecified atom stereocenters. The molecule has 2 rings (SSSR count). The predicted molar refractivity (Wildman–Crippen MR) is 76.3 cm³/mol. The Bertz CT molecular complexity index is 444. The van der Waals surface area contributed by atoms with E-state index in [0.29, 0.717) is 37.1 Å². The number of carbonyl (C=O) groups is 1. The number of hydrogen-bond acceptors (Lipinski definition) is 4. The molecule has 0 saturated heterocycles. The summed E-state index contributed by atoms with van der Waals surface area (Å²) in [5.41, 5.74) is 7.34. The molecule has 5 heteroatoms. The van der Waals surface area contributed by atoms with Crippen LogP contribution in [0.15, 0.2) is 18.2 Å². The Hall–Kier alpha value is -1.91. The van der Waals surface area contributed by atoms with Gasteiger partial charge < -0.3 is 21.1 Å². The second-order valence-electron chi connectivity index (χ2n) is 4.70. The molecule has 1 aromatic rings. The molecule has 4 N–H and O–H groups in total. The maximum absolute atomic E-state index is 11.5. The number of nitrogens with one attached hydrogen (secondary N) is 2. The van der Waals surface area contributed by atoms with Crippen molar-refractivity contribution in [2.75, 3.05) is 24.2 Å². The van der Waals surface area contributed by atoms with Crippen molar-refractivity contribution in [1.82, 2.24) is 5.32 Å². The van der Waals surface area contributed by atoms with Crippen LogP contribution >= 0.6 is 0 Å². The van der Waals surface area contributed by atoms with Gasteiger partial charge in [-0.3, -0.25) is 4.79 Å². The molecule has 1 saturated carbocycles. The summed E-state index contributed by atoms with van der Waals surface area (Å²) in [6.07, 6.45) is 2.72. The molecule has 1 aliphatic rings. The van der Waals surface area contributed by atoms with Gasteiger partial charge in [-0.05, 0) is 31.9 Å². The third kappa shape index (κ3) is 4.35. The summed E-state index contributed by atoms with van der Waals surface area (Å²) in [5, 5.41) is 6.16. The van der Waals surface area contributed by atoms with Crippen molar-refractivity contribution in [3.8, 4) is 5.75 Å².